The summed E-state index contributed by atoms with van der Waals surface area (Å²) in [5.41, 5.74) is 2.09. The third-order valence-electron chi connectivity index (χ3n) is 6.03. The molecule has 0 aliphatic rings. The maximum absolute atomic E-state index is 14.8. The van der Waals surface area contributed by atoms with Gasteiger partial charge in [0.25, 0.3) is 0 Å². The van der Waals surface area contributed by atoms with Gasteiger partial charge in [-0.05, 0) is 25.5 Å². The topological polar surface area (TPSA) is 127 Å². The van der Waals surface area contributed by atoms with Crippen LogP contribution in [0.3, 0.4) is 0 Å². The van der Waals surface area contributed by atoms with E-state index < -0.39 is 11.6 Å². The number of pyridine rings is 1. The van der Waals surface area contributed by atoms with Crippen molar-refractivity contribution in [3.63, 3.8) is 0 Å². The summed E-state index contributed by atoms with van der Waals surface area (Å²) in [7, 11) is 0. The zero-order valence-electron chi connectivity index (χ0n) is 21.9. The molecule has 0 unspecified atom stereocenters. The highest BCUT2D eigenvalue weighted by molar-refractivity contribution is 5.92. The van der Waals surface area contributed by atoms with E-state index in [9.17, 15) is 18.7 Å². The first-order valence-corrected chi connectivity index (χ1v) is 12.4. The lowest BCUT2D eigenvalue weighted by molar-refractivity contribution is -0.114. The number of carbonyl (C=O) groups is 1. The van der Waals surface area contributed by atoms with E-state index in [1.54, 1.807) is 50.4 Å². The van der Waals surface area contributed by atoms with Gasteiger partial charge in [0.05, 0.1) is 24.9 Å². The Morgan fingerprint density at radius 2 is 1.85 bits per heavy atom. The van der Waals surface area contributed by atoms with Crippen LogP contribution < -0.4 is 15.4 Å². The van der Waals surface area contributed by atoms with Crippen LogP contribution in [-0.2, 0) is 11.3 Å². The van der Waals surface area contributed by atoms with E-state index in [2.05, 4.69) is 30.7 Å². The molecule has 40 heavy (non-hydrogen) atoms. The summed E-state index contributed by atoms with van der Waals surface area (Å²) in [6, 6.07) is 11.1. The molecule has 0 aliphatic heterocycles. The van der Waals surface area contributed by atoms with E-state index in [-0.39, 0.29) is 47.8 Å². The number of aromatic hydroxyl groups is 1. The summed E-state index contributed by atoms with van der Waals surface area (Å²) in [5, 5.41) is 21.4. The molecule has 3 N–H and O–H groups in total. The Balaban J connectivity index is 1.53. The number of hydrogen-bond donors (Lipinski definition) is 3. The Labute approximate surface area is 227 Å². The van der Waals surface area contributed by atoms with Gasteiger partial charge in [-0.15, -0.1) is 0 Å². The van der Waals surface area contributed by atoms with Crippen molar-refractivity contribution in [3.8, 4) is 23.0 Å². The van der Waals surface area contributed by atoms with Gasteiger partial charge in [-0.2, -0.15) is 5.10 Å². The number of halogens is 2. The van der Waals surface area contributed by atoms with Crippen molar-refractivity contribution in [1.29, 1.82) is 0 Å². The van der Waals surface area contributed by atoms with Crippen molar-refractivity contribution in [2.24, 2.45) is 0 Å². The molecule has 2 aromatic carbocycles. The normalized spacial score (nSPS) is 11.0. The highest BCUT2D eigenvalue weighted by Crippen LogP contribution is 2.32. The maximum atomic E-state index is 14.8. The van der Waals surface area contributed by atoms with Crippen LogP contribution in [0.5, 0.6) is 11.5 Å². The molecule has 0 atom stereocenters. The summed E-state index contributed by atoms with van der Waals surface area (Å²) in [6.07, 6.45) is 2.80. The predicted octanol–water partition coefficient (Wildman–Crippen LogP) is 5.33. The Hall–Kier alpha value is -5.13. The first-order valence-electron chi connectivity index (χ1n) is 12.4. The number of aromatic nitrogens is 5. The Morgan fingerprint density at radius 1 is 1.10 bits per heavy atom. The van der Waals surface area contributed by atoms with E-state index in [0.717, 1.165) is 17.7 Å². The largest absolute Gasteiger partial charge is 0.503 e. The van der Waals surface area contributed by atoms with Crippen LogP contribution in [-0.4, -0.2) is 42.4 Å². The highest BCUT2D eigenvalue weighted by Gasteiger charge is 2.20. The van der Waals surface area contributed by atoms with Crippen LogP contribution in [0.4, 0.5) is 26.1 Å². The number of nitrogens with one attached hydrogen (secondary N) is 2. The molecule has 5 aromatic rings. The number of hydrogen-bond acceptors (Lipinski definition) is 8. The molecule has 0 aliphatic carbocycles. The van der Waals surface area contributed by atoms with Crippen LogP contribution in [0.15, 0.2) is 54.9 Å². The van der Waals surface area contributed by atoms with Gasteiger partial charge in [0.1, 0.15) is 28.9 Å². The fraction of sp³-hybridized carbons (Fsp3) is 0.179. The number of amides is 1. The standard InChI is InChI=1S/C28H25F2N7O3/c1-4-40-17-9-20(29)19(21(30)10-17)14-37-23-8-6-5-7-18(23)26(36-37)28-32-13-24(39)27(35-28)34-22-11-25(33-16(3)38)31-12-15(22)2/h5-13,39H,4,14H2,1-3H3,(H2,31,32,33,34,35,38). The number of nitrogens with zero attached hydrogens (tertiary/aromatic N) is 5. The van der Waals surface area contributed by atoms with Crippen molar-refractivity contribution < 1.29 is 23.4 Å². The number of para-hydroxylation sites is 1. The van der Waals surface area contributed by atoms with E-state index in [4.69, 9.17) is 4.74 Å². The molecule has 0 fully saturated rings. The predicted molar refractivity (Wildman–Crippen MR) is 146 cm³/mol. The minimum Gasteiger partial charge on any atom is -0.503 e. The van der Waals surface area contributed by atoms with Gasteiger partial charge < -0.3 is 20.5 Å². The van der Waals surface area contributed by atoms with Crippen LogP contribution in [0, 0.1) is 18.6 Å². The lowest BCUT2D eigenvalue weighted by Gasteiger charge is -2.12. The quantitative estimate of drug-likeness (QED) is 0.239. The molecule has 5 rings (SSSR count). The maximum Gasteiger partial charge on any atom is 0.222 e. The lowest BCUT2D eigenvalue weighted by atomic mass is 10.1. The van der Waals surface area contributed by atoms with E-state index in [1.165, 1.54) is 17.8 Å². The number of fused-ring (bicyclic) bond motifs is 1. The molecule has 0 spiro atoms. The fourth-order valence-corrected chi connectivity index (χ4v) is 4.16. The monoisotopic (exact) mass is 545 g/mol. The van der Waals surface area contributed by atoms with Crippen molar-refractivity contribution in [2.75, 3.05) is 17.2 Å². The van der Waals surface area contributed by atoms with E-state index >= 15 is 0 Å². The average molecular weight is 546 g/mol. The number of rotatable bonds is 8. The number of anilines is 3. The van der Waals surface area contributed by atoms with E-state index in [1.807, 2.05) is 0 Å². The van der Waals surface area contributed by atoms with Crippen LogP contribution >= 0.6 is 0 Å². The number of aryl methyl sites for hydroxylation is 1. The summed E-state index contributed by atoms with van der Waals surface area (Å²) in [4.78, 5) is 24.3. The van der Waals surface area contributed by atoms with Crippen molar-refractivity contribution in [3.05, 3.63) is 77.6 Å². The molecule has 12 heteroatoms. The van der Waals surface area contributed by atoms with Crippen LogP contribution in [0.25, 0.3) is 22.4 Å². The van der Waals surface area contributed by atoms with Crippen molar-refractivity contribution >= 4 is 34.1 Å². The molecule has 1 amide bonds. The fourth-order valence-electron chi connectivity index (χ4n) is 4.16. The summed E-state index contributed by atoms with van der Waals surface area (Å²) in [6.45, 7) is 5.01. The van der Waals surface area contributed by atoms with Gasteiger partial charge in [-0.3, -0.25) is 9.48 Å². The molecule has 0 saturated heterocycles. The minimum atomic E-state index is -0.747. The molecule has 204 valence electrons. The number of carbonyl (C=O) groups excluding carboxylic acids is 1. The van der Waals surface area contributed by atoms with Crippen molar-refractivity contribution in [1.82, 2.24) is 24.7 Å². The number of ether oxygens (including phenoxy) is 1. The van der Waals surface area contributed by atoms with Gasteiger partial charge in [0, 0.05) is 48.0 Å². The lowest BCUT2D eigenvalue weighted by Crippen LogP contribution is -2.08. The molecule has 0 saturated carbocycles. The zero-order chi connectivity index (χ0) is 28.4. The third kappa shape index (κ3) is 5.37. The summed E-state index contributed by atoms with van der Waals surface area (Å²) < 4.78 is 36.4. The van der Waals surface area contributed by atoms with Crippen LogP contribution in [0.1, 0.15) is 25.0 Å². The molecular weight excluding hydrogens is 520 g/mol. The van der Waals surface area contributed by atoms with Gasteiger partial charge in [-0.1, -0.05) is 18.2 Å². The second-order valence-electron chi connectivity index (χ2n) is 8.94. The van der Waals surface area contributed by atoms with E-state index in [0.29, 0.717) is 28.1 Å². The molecule has 10 nitrogen and oxygen atoms in total. The first-order chi connectivity index (χ1) is 19.2. The molecule has 0 bridgehead atoms. The number of benzene rings is 2. The summed E-state index contributed by atoms with van der Waals surface area (Å²) >= 11 is 0. The smallest absolute Gasteiger partial charge is 0.222 e. The second kappa shape index (κ2) is 10.9. The zero-order valence-corrected chi connectivity index (χ0v) is 21.9. The highest BCUT2D eigenvalue weighted by atomic mass is 19.1. The van der Waals surface area contributed by atoms with Crippen molar-refractivity contribution in [2.45, 2.75) is 27.3 Å². The van der Waals surface area contributed by atoms with Gasteiger partial charge >= 0.3 is 0 Å². The van der Waals surface area contributed by atoms with Gasteiger partial charge in [-0.25, -0.2) is 23.7 Å². The van der Waals surface area contributed by atoms with Gasteiger partial charge in [0.15, 0.2) is 17.4 Å². The molecular formula is C28H25F2N7O3. The Kier molecular flexibility index (Phi) is 7.23. The molecule has 3 heterocycles. The Bertz CT molecular complexity index is 1720. The second-order valence-corrected chi connectivity index (χ2v) is 8.94. The summed E-state index contributed by atoms with van der Waals surface area (Å²) in [5.74, 6) is -1.28. The SMILES string of the molecule is CCOc1cc(F)c(Cn2nc(-c3ncc(O)c(Nc4cc(NC(C)=O)ncc4C)n3)c3ccccc32)c(F)c1. The first kappa shape index (κ1) is 26.5. The third-order valence-corrected chi connectivity index (χ3v) is 6.03. The van der Waals surface area contributed by atoms with Gasteiger partial charge in [0.2, 0.25) is 5.91 Å². The average Bonchev–Trinajstić information content (AvgIpc) is 3.28. The molecule has 3 aromatic heterocycles. The van der Waals surface area contributed by atoms with Crippen LogP contribution in [0.2, 0.25) is 0 Å². The minimum absolute atomic E-state index is 0.0929. The molecule has 0 radical (unpaired) electrons. The Morgan fingerprint density at radius 3 is 2.58 bits per heavy atom.